The lowest BCUT2D eigenvalue weighted by Gasteiger charge is -2.11. The van der Waals surface area contributed by atoms with Crippen LogP contribution in [0.3, 0.4) is 0 Å². The molecule has 0 aliphatic carbocycles. The molecule has 0 aromatic heterocycles. The summed E-state index contributed by atoms with van der Waals surface area (Å²) in [4.78, 5) is 22.3. The Balaban J connectivity index is 3.67. The first kappa shape index (κ1) is 29.5. The number of unbranched alkanes of at least 4 members (excludes halogenated alkanes) is 9. The van der Waals surface area contributed by atoms with Gasteiger partial charge in [-0.1, -0.05) is 70.4 Å². The maximum atomic E-state index is 11.7. The van der Waals surface area contributed by atoms with E-state index >= 15 is 0 Å². The van der Waals surface area contributed by atoms with Crippen LogP contribution in [0.1, 0.15) is 96.8 Å². The highest BCUT2D eigenvalue weighted by Gasteiger charge is 2.34. The van der Waals surface area contributed by atoms with Crippen molar-refractivity contribution < 1.29 is 37.5 Å². The molecule has 0 saturated carbocycles. The van der Waals surface area contributed by atoms with Crippen LogP contribution in [0.4, 0.5) is 0 Å². The first-order valence-corrected chi connectivity index (χ1v) is 12.9. The second-order valence-electron chi connectivity index (χ2n) is 7.89. The Morgan fingerprint density at radius 1 is 0.935 bits per heavy atom. The highest BCUT2D eigenvalue weighted by atomic mass is 32.2. The third-order valence-electron chi connectivity index (χ3n) is 4.96. The van der Waals surface area contributed by atoms with Crippen LogP contribution >= 0.6 is 0 Å². The molecule has 0 radical (unpaired) electrons. The molecule has 31 heavy (non-hydrogen) atoms. The molecule has 0 aromatic rings. The molecule has 3 N–H and O–H groups in total. The van der Waals surface area contributed by atoms with Crippen molar-refractivity contribution in [2.45, 2.75) is 108 Å². The van der Waals surface area contributed by atoms with E-state index < -0.39 is 33.7 Å². The van der Waals surface area contributed by atoms with E-state index in [0.717, 1.165) is 57.8 Å². The van der Waals surface area contributed by atoms with Gasteiger partial charge in [-0.2, -0.15) is 8.42 Å². The fraction of sp³-hybridized carbons (Fsp3) is 0.818. The van der Waals surface area contributed by atoms with Crippen LogP contribution in [0.25, 0.3) is 0 Å². The number of carboxylic acids is 1. The zero-order valence-electron chi connectivity index (χ0n) is 18.7. The van der Waals surface area contributed by atoms with Crippen molar-refractivity contribution >= 4 is 22.1 Å². The smallest absolute Gasteiger partial charge is 0.327 e. The zero-order chi connectivity index (χ0) is 23.5. The minimum Gasteiger partial charge on any atom is -0.481 e. The summed E-state index contributed by atoms with van der Waals surface area (Å²) in [5.41, 5.74) is 0. The quantitative estimate of drug-likeness (QED) is 0.105. The maximum Gasteiger partial charge on any atom is 0.327 e. The SMILES string of the molecule is CCCCCC[C@@H](O)C/C=C\CCCCCCCCOC(=O)C(CC(=O)O)S(=O)(=O)O. The second-order valence-corrected chi connectivity index (χ2v) is 9.49. The van der Waals surface area contributed by atoms with Crippen LogP contribution in [-0.4, -0.2) is 53.1 Å². The van der Waals surface area contributed by atoms with Crippen LogP contribution in [0.5, 0.6) is 0 Å². The van der Waals surface area contributed by atoms with Gasteiger partial charge in [-0.05, 0) is 32.1 Å². The van der Waals surface area contributed by atoms with E-state index in [9.17, 15) is 23.1 Å². The molecule has 2 atom stereocenters. The van der Waals surface area contributed by atoms with Gasteiger partial charge in [0.25, 0.3) is 10.1 Å². The van der Waals surface area contributed by atoms with E-state index in [2.05, 4.69) is 19.1 Å². The number of esters is 1. The molecule has 0 aliphatic rings. The van der Waals surface area contributed by atoms with Crippen molar-refractivity contribution in [3.63, 3.8) is 0 Å². The first-order valence-electron chi connectivity index (χ1n) is 11.4. The third kappa shape index (κ3) is 17.9. The Bertz CT molecular complexity index is 615. The molecular formula is C22H40O8S. The normalized spacial score (nSPS) is 13.9. The lowest BCUT2D eigenvalue weighted by atomic mass is 10.1. The average Bonchev–Trinajstić information content (AvgIpc) is 2.69. The van der Waals surface area contributed by atoms with Gasteiger partial charge in [0.15, 0.2) is 5.25 Å². The summed E-state index contributed by atoms with van der Waals surface area (Å²) >= 11 is 0. The summed E-state index contributed by atoms with van der Waals surface area (Å²) in [6.45, 7) is 2.17. The minimum absolute atomic E-state index is 0.00597. The third-order valence-corrected chi connectivity index (χ3v) is 6.04. The molecule has 182 valence electrons. The van der Waals surface area contributed by atoms with E-state index in [1.807, 2.05) is 0 Å². The molecule has 0 aromatic carbocycles. The maximum absolute atomic E-state index is 11.7. The first-order chi connectivity index (χ1) is 14.7. The highest BCUT2D eigenvalue weighted by Crippen LogP contribution is 2.11. The van der Waals surface area contributed by atoms with Crippen LogP contribution < -0.4 is 0 Å². The monoisotopic (exact) mass is 464 g/mol. The number of carbonyl (C=O) groups excluding carboxylic acids is 1. The summed E-state index contributed by atoms with van der Waals surface area (Å²) in [5, 5.41) is 16.4. The zero-order valence-corrected chi connectivity index (χ0v) is 19.5. The van der Waals surface area contributed by atoms with E-state index in [1.54, 1.807) is 0 Å². The Morgan fingerprint density at radius 3 is 2.16 bits per heavy atom. The molecule has 0 saturated heterocycles. The second kappa shape index (κ2) is 18.2. The van der Waals surface area contributed by atoms with E-state index in [1.165, 1.54) is 19.3 Å². The van der Waals surface area contributed by atoms with Crippen LogP contribution in [0.2, 0.25) is 0 Å². The number of aliphatic hydroxyl groups is 1. The Kier molecular flexibility index (Phi) is 17.3. The standard InChI is InChI=1S/C22H40O8S/c1-2-3-4-12-15-19(23)16-13-10-8-6-5-7-9-11-14-17-30-22(26)20(18-21(24)25)31(27,28)29/h10,13,19-20,23H,2-9,11-12,14-18H2,1H3,(H,24,25)(H,27,28,29)/b13-10-/t19-,20?/m1/s1. The highest BCUT2D eigenvalue weighted by molar-refractivity contribution is 7.87. The summed E-state index contributed by atoms with van der Waals surface area (Å²) < 4.78 is 35.9. The van der Waals surface area contributed by atoms with Crippen molar-refractivity contribution in [1.82, 2.24) is 0 Å². The molecule has 8 nitrogen and oxygen atoms in total. The summed E-state index contributed by atoms with van der Waals surface area (Å²) in [6, 6.07) is 0. The number of hydrogen-bond acceptors (Lipinski definition) is 6. The molecule has 1 unspecified atom stereocenters. The van der Waals surface area contributed by atoms with Crippen molar-refractivity contribution in [3.8, 4) is 0 Å². The van der Waals surface area contributed by atoms with E-state index in [4.69, 9.17) is 14.4 Å². The molecule has 0 rings (SSSR count). The fourth-order valence-corrected chi connectivity index (χ4v) is 3.77. The molecule has 0 heterocycles. The summed E-state index contributed by atoms with van der Waals surface area (Å²) in [6.07, 6.45) is 15.7. The lowest BCUT2D eigenvalue weighted by molar-refractivity contribution is -0.147. The topological polar surface area (TPSA) is 138 Å². The van der Waals surface area contributed by atoms with E-state index in [-0.39, 0.29) is 12.7 Å². The number of ether oxygens (including phenoxy) is 1. The Hall–Kier alpha value is -1.45. The number of allylic oxidation sites excluding steroid dienone is 1. The van der Waals surface area contributed by atoms with Gasteiger partial charge < -0.3 is 14.9 Å². The largest absolute Gasteiger partial charge is 0.481 e. The van der Waals surface area contributed by atoms with Crippen LogP contribution in [-0.2, 0) is 24.4 Å². The van der Waals surface area contributed by atoms with Gasteiger partial charge in [0.2, 0.25) is 0 Å². The summed E-state index contributed by atoms with van der Waals surface area (Å²) in [5.74, 6) is -2.74. The van der Waals surface area contributed by atoms with Crippen molar-refractivity contribution in [2.24, 2.45) is 0 Å². The molecule has 0 spiro atoms. The Morgan fingerprint density at radius 2 is 1.55 bits per heavy atom. The molecule has 9 heteroatoms. The van der Waals surface area contributed by atoms with Gasteiger partial charge >= 0.3 is 11.9 Å². The minimum atomic E-state index is -4.81. The number of aliphatic hydroxyl groups excluding tert-OH is 1. The predicted molar refractivity (Wildman–Crippen MR) is 119 cm³/mol. The van der Waals surface area contributed by atoms with Gasteiger partial charge in [-0.3, -0.25) is 14.1 Å². The van der Waals surface area contributed by atoms with Crippen molar-refractivity contribution in [2.75, 3.05) is 6.61 Å². The number of carbonyl (C=O) groups is 2. The van der Waals surface area contributed by atoms with Crippen molar-refractivity contribution in [1.29, 1.82) is 0 Å². The van der Waals surface area contributed by atoms with Gasteiger partial charge in [0.05, 0.1) is 19.1 Å². The number of rotatable bonds is 20. The molecular weight excluding hydrogens is 424 g/mol. The predicted octanol–water partition coefficient (Wildman–Crippen LogP) is 4.27. The lowest BCUT2D eigenvalue weighted by Crippen LogP contribution is -2.34. The van der Waals surface area contributed by atoms with Gasteiger partial charge in [0, 0.05) is 0 Å². The van der Waals surface area contributed by atoms with Gasteiger partial charge in [-0.15, -0.1) is 0 Å². The van der Waals surface area contributed by atoms with Gasteiger partial charge in [-0.25, -0.2) is 0 Å². The molecule has 0 bridgehead atoms. The van der Waals surface area contributed by atoms with Gasteiger partial charge in [0.1, 0.15) is 0 Å². The molecule has 0 amide bonds. The molecule has 0 fully saturated rings. The average molecular weight is 465 g/mol. The molecule has 0 aliphatic heterocycles. The summed E-state index contributed by atoms with van der Waals surface area (Å²) in [7, 11) is -4.81. The number of carboxylic acid groups (broad SMARTS) is 1. The van der Waals surface area contributed by atoms with Crippen molar-refractivity contribution in [3.05, 3.63) is 12.2 Å². The number of hydrogen-bond donors (Lipinski definition) is 3. The fourth-order valence-electron chi connectivity index (χ4n) is 3.10. The van der Waals surface area contributed by atoms with Crippen LogP contribution in [0.15, 0.2) is 12.2 Å². The van der Waals surface area contributed by atoms with Crippen LogP contribution in [0, 0.1) is 0 Å². The Labute approximate surface area is 186 Å². The van der Waals surface area contributed by atoms with E-state index in [0.29, 0.717) is 6.42 Å². The number of aliphatic carboxylic acids is 1.